The van der Waals surface area contributed by atoms with Gasteiger partial charge in [0.1, 0.15) is 4.70 Å². The van der Waals surface area contributed by atoms with E-state index in [1.165, 1.54) is 11.3 Å². The minimum atomic E-state index is 0.0725. The Bertz CT molecular complexity index is 653. The molecule has 0 aliphatic heterocycles. The SMILES string of the molecule is CCCCC(CCC)n1c(=S)[nH]c2ccsc2c1=O. The Morgan fingerprint density at radius 1 is 1.37 bits per heavy atom. The summed E-state index contributed by atoms with van der Waals surface area (Å²) in [5, 5.41) is 1.93. The minimum absolute atomic E-state index is 0.0725. The molecule has 1 N–H and O–H groups in total. The Balaban J connectivity index is 2.51. The van der Waals surface area contributed by atoms with Gasteiger partial charge in [-0.05, 0) is 36.5 Å². The average Bonchev–Trinajstić information content (AvgIpc) is 2.84. The molecular weight excluding hydrogens is 276 g/mol. The molecule has 0 bridgehead atoms. The van der Waals surface area contributed by atoms with E-state index in [9.17, 15) is 4.79 Å². The Morgan fingerprint density at radius 2 is 2.16 bits per heavy atom. The highest BCUT2D eigenvalue weighted by molar-refractivity contribution is 7.71. The molecule has 0 fully saturated rings. The van der Waals surface area contributed by atoms with Gasteiger partial charge in [-0.2, -0.15) is 0 Å². The number of unbranched alkanes of at least 4 members (excludes halogenated alkanes) is 1. The number of nitrogens with one attached hydrogen (secondary N) is 1. The molecule has 1 unspecified atom stereocenters. The zero-order chi connectivity index (χ0) is 13.8. The van der Waals surface area contributed by atoms with Crippen LogP contribution in [0.1, 0.15) is 52.0 Å². The van der Waals surface area contributed by atoms with E-state index in [2.05, 4.69) is 18.8 Å². The van der Waals surface area contributed by atoms with Crippen molar-refractivity contribution in [2.75, 3.05) is 0 Å². The van der Waals surface area contributed by atoms with Gasteiger partial charge in [-0.1, -0.05) is 33.1 Å². The molecule has 1 atom stereocenters. The van der Waals surface area contributed by atoms with Crippen LogP contribution in [0.2, 0.25) is 0 Å². The summed E-state index contributed by atoms with van der Waals surface area (Å²) in [5.41, 5.74) is 0.935. The highest BCUT2D eigenvalue weighted by Crippen LogP contribution is 2.22. The van der Waals surface area contributed by atoms with Gasteiger partial charge in [0.15, 0.2) is 4.77 Å². The van der Waals surface area contributed by atoms with E-state index in [1.807, 2.05) is 11.4 Å². The summed E-state index contributed by atoms with van der Waals surface area (Å²) < 4.78 is 3.14. The number of rotatable bonds is 6. The van der Waals surface area contributed by atoms with Crippen LogP contribution in [0.5, 0.6) is 0 Å². The lowest BCUT2D eigenvalue weighted by molar-refractivity contribution is 0.401. The fourth-order valence-electron chi connectivity index (χ4n) is 2.46. The molecule has 19 heavy (non-hydrogen) atoms. The maximum atomic E-state index is 12.6. The van der Waals surface area contributed by atoms with Crippen LogP contribution in [0, 0.1) is 4.77 Å². The number of hydrogen-bond donors (Lipinski definition) is 1. The molecule has 0 aromatic carbocycles. The van der Waals surface area contributed by atoms with Crippen molar-refractivity contribution < 1.29 is 0 Å². The molecule has 104 valence electrons. The summed E-state index contributed by atoms with van der Waals surface area (Å²) in [6.07, 6.45) is 5.38. The molecule has 2 rings (SSSR count). The third kappa shape index (κ3) is 2.98. The first-order valence-electron chi connectivity index (χ1n) is 6.91. The highest BCUT2D eigenvalue weighted by Gasteiger charge is 2.15. The molecule has 2 aromatic heterocycles. The van der Waals surface area contributed by atoms with Gasteiger partial charge in [0.25, 0.3) is 5.56 Å². The third-order valence-electron chi connectivity index (χ3n) is 3.42. The third-order valence-corrected chi connectivity index (χ3v) is 4.62. The lowest BCUT2D eigenvalue weighted by Gasteiger charge is -2.19. The van der Waals surface area contributed by atoms with Crippen molar-refractivity contribution in [1.29, 1.82) is 0 Å². The molecule has 0 radical (unpaired) electrons. The highest BCUT2D eigenvalue weighted by atomic mass is 32.1. The zero-order valence-electron chi connectivity index (χ0n) is 11.4. The molecule has 5 heteroatoms. The molecule has 2 aromatic rings. The summed E-state index contributed by atoms with van der Waals surface area (Å²) in [5.74, 6) is 0. The Labute approximate surface area is 122 Å². The molecule has 0 saturated carbocycles. The molecule has 0 saturated heterocycles. The van der Waals surface area contributed by atoms with Crippen molar-refractivity contribution in [3.8, 4) is 0 Å². The van der Waals surface area contributed by atoms with Crippen LogP contribution in [-0.2, 0) is 0 Å². The van der Waals surface area contributed by atoms with Crippen LogP contribution in [0.4, 0.5) is 0 Å². The number of thiophene rings is 1. The Morgan fingerprint density at radius 3 is 2.84 bits per heavy atom. The van der Waals surface area contributed by atoms with Crippen molar-refractivity contribution >= 4 is 33.8 Å². The smallest absolute Gasteiger partial charge is 0.272 e. The summed E-state index contributed by atoms with van der Waals surface area (Å²) >= 11 is 6.87. The standard InChI is InChI=1S/C14H20N2OS2/c1-3-5-7-10(6-4-2)16-13(17)12-11(8-9-19-12)15-14(16)18/h8-10H,3-7H2,1-2H3,(H,15,18). The van der Waals surface area contributed by atoms with Crippen molar-refractivity contribution in [1.82, 2.24) is 9.55 Å². The maximum absolute atomic E-state index is 12.6. The van der Waals surface area contributed by atoms with Gasteiger partial charge < -0.3 is 4.98 Å². The Hall–Kier alpha value is -0.940. The quantitative estimate of drug-likeness (QED) is 0.788. The second-order valence-corrected chi connectivity index (χ2v) is 6.16. The van der Waals surface area contributed by atoms with E-state index >= 15 is 0 Å². The predicted octanol–water partition coefficient (Wildman–Crippen LogP) is 4.65. The topological polar surface area (TPSA) is 37.8 Å². The maximum Gasteiger partial charge on any atom is 0.272 e. The monoisotopic (exact) mass is 296 g/mol. The second kappa shape index (κ2) is 6.48. The van der Waals surface area contributed by atoms with Crippen LogP contribution in [0.25, 0.3) is 10.2 Å². The number of aromatic nitrogens is 2. The van der Waals surface area contributed by atoms with E-state index in [1.54, 1.807) is 4.57 Å². The largest absolute Gasteiger partial charge is 0.331 e. The number of hydrogen-bond acceptors (Lipinski definition) is 3. The van der Waals surface area contributed by atoms with Crippen molar-refractivity contribution in [2.24, 2.45) is 0 Å². The van der Waals surface area contributed by atoms with Gasteiger partial charge in [0.05, 0.1) is 5.52 Å². The molecule has 0 amide bonds. The minimum Gasteiger partial charge on any atom is -0.331 e. The van der Waals surface area contributed by atoms with E-state index in [0.29, 0.717) is 4.77 Å². The summed E-state index contributed by atoms with van der Waals surface area (Å²) in [4.78, 5) is 15.8. The van der Waals surface area contributed by atoms with E-state index in [-0.39, 0.29) is 11.6 Å². The first-order chi connectivity index (χ1) is 9.19. The van der Waals surface area contributed by atoms with Crippen molar-refractivity contribution in [3.63, 3.8) is 0 Å². The van der Waals surface area contributed by atoms with E-state index in [4.69, 9.17) is 12.2 Å². The van der Waals surface area contributed by atoms with Gasteiger partial charge in [-0.25, -0.2) is 0 Å². The van der Waals surface area contributed by atoms with Gasteiger partial charge >= 0.3 is 0 Å². The molecule has 0 spiro atoms. The molecule has 0 aliphatic rings. The summed E-state index contributed by atoms with van der Waals surface area (Å²) in [7, 11) is 0. The number of aromatic amines is 1. The van der Waals surface area contributed by atoms with E-state index < -0.39 is 0 Å². The predicted molar refractivity (Wildman–Crippen MR) is 84.7 cm³/mol. The normalized spacial score (nSPS) is 12.9. The fourth-order valence-corrected chi connectivity index (χ4v) is 3.58. The van der Waals surface area contributed by atoms with Gasteiger partial charge in [0, 0.05) is 6.04 Å². The fraction of sp³-hybridized carbons (Fsp3) is 0.571. The molecule has 3 nitrogen and oxygen atoms in total. The van der Waals surface area contributed by atoms with Crippen LogP contribution >= 0.6 is 23.6 Å². The van der Waals surface area contributed by atoms with Crippen molar-refractivity contribution in [2.45, 2.75) is 52.0 Å². The molecule has 2 heterocycles. The summed E-state index contributed by atoms with van der Waals surface area (Å²) in [6.45, 7) is 4.33. The first-order valence-corrected chi connectivity index (χ1v) is 8.19. The lowest BCUT2D eigenvalue weighted by Crippen LogP contribution is -2.26. The van der Waals surface area contributed by atoms with Crippen LogP contribution < -0.4 is 5.56 Å². The Kier molecular flexibility index (Phi) is 4.93. The number of fused-ring (bicyclic) bond motifs is 1. The second-order valence-electron chi connectivity index (χ2n) is 4.85. The van der Waals surface area contributed by atoms with E-state index in [0.717, 1.165) is 42.3 Å². The number of H-pyrrole nitrogens is 1. The average molecular weight is 296 g/mol. The van der Waals surface area contributed by atoms with Gasteiger partial charge in [-0.15, -0.1) is 11.3 Å². The number of nitrogens with zero attached hydrogens (tertiary/aromatic N) is 1. The van der Waals surface area contributed by atoms with Crippen LogP contribution in [0.15, 0.2) is 16.2 Å². The van der Waals surface area contributed by atoms with Crippen LogP contribution in [0.3, 0.4) is 0 Å². The lowest BCUT2D eigenvalue weighted by atomic mass is 10.1. The van der Waals surface area contributed by atoms with Crippen LogP contribution in [-0.4, -0.2) is 9.55 Å². The van der Waals surface area contributed by atoms with Gasteiger partial charge in [0.2, 0.25) is 0 Å². The molecule has 0 aliphatic carbocycles. The molecular formula is C14H20N2OS2. The first kappa shape index (κ1) is 14.5. The summed E-state index contributed by atoms with van der Waals surface area (Å²) in [6, 6.07) is 2.15. The van der Waals surface area contributed by atoms with Gasteiger partial charge in [-0.3, -0.25) is 9.36 Å². The zero-order valence-corrected chi connectivity index (χ0v) is 13.1. The van der Waals surface area contributed by atoms with Crippen molar-refractivity contribution in [3.05, 3.63) is 26.6 Å².